The number of morpholine rings is 1. The molecular formula is C30H24N8O8. The molecule has 2 aliphatic rings. The van der Waals surface area contributed by atoms with Crippen LogP contribution in [-0.4, -0.2) is 85.6 Å². The molecule has 4 amide bonds. The Morgan fingerprint density at radius 2 is 1.85 bits per heavy atom. The van der Waals surface area contributed by atoms with E-state index in [1.54, 1.807) is 42.7 Å². The fraction of sp³-hybridized carbons (Fsp3) is 0.200. The third-order valence-electron chi connectivity index (χ3n) is 7.66. The number of nitrogens with one attached hydrogen (secondary N) is 1. The van der Waals surface area contributed by atoms with E-state index < -0.39 is 35.3 Å². The molecule has 2 atom stereocenters. The Morgan fingerprint density at radius 3 is 2.59 bits per heavy atom. The van der Waals surface area contributed by atoms with E-state index in [1.807, 2.05) is 0 Å². The van der Waals surface area contributed by atoms with Crippen LogP contribution in [0.25, 0.3) is 16.8 Å². The van der Waals surface area contributed by atoms with Gasteiger partial charge in [0, 0.05) is 30.6 Å². The molecule has 2 aliphatic heterocycles. The number of benzene rings is 1. The molecule has 0 saturated carbocycles. The minimum atomic E-state index is -2.32. The highest BCUT2D eigenvalue weighted by Crippen LogP contribution is 2.33. The molecule has 46 heavy (non-hydrogen) atoms. The van der Waals surface area contributed by atoms with E-state index in [1.165, 1.54) is 41.1 Å². The summed E-state index contributed by atoms with van der Waals surface area (Å²) in [5, 5.41) is 22.1. The molecule has 0 bridgehead atoms. The SMILES string of the molecule is COc1cc(-n2ccc(N3CCO[C@H]([C@@](C)(O)C(=O)Nc4cnc5c(N6C(=O)c7ccccc7C6=O)noc5c4)C3=O)n2)ccn1. The maximum atomic E-state index is 13.5. The molecule has 6 heterocycles. The van der Waals surface area contributed by atoms with Crippen molar-refractivity contribution >= 4 is 52.1 Å². The number of amides is 4. The maximum Gasteiger partial charge on any atom is 0.267 e. The van der Waals surface area contributed by atoms with Crippen molar-refractivity contribution in [2.24, 2.45) is 0 Å². The van der Waals surface area contributed by atoms with Crippen LogP contribution in [0.4, 0.5) is 17.3 Å². The van der Waals surface area contributed by atoms with Crippen molar-refractivity contribution in [1.82, 2.24) is 24.9 Å². The lowest BCUT2D eigenvalue weighted by Crippen LogP contribution is -2.61. The molecule has 1 fully saturated rings. The van der Waals surface area contributed by atoms with Crippen LogP contribution in [0, 0.1) is 0 Å². The van der Waals surface area contributed by atoms with E-state index in [9.17, 15) is 24.3 Å². The van der Waals surface area contributed by atoms with Gasteiger partial charge in [0.1, 0.15) is 0 Å². The molecule has 1 aromatic carbocycles. The van der Waals surface area contributed by atoms with Gasteiger partial charge in [0.05, 0.1) is 49.0 Å². The first-order valence-electron chi connectivity index (χ1n) is 13.9. The van der Waals surface area contributed by atoms with Crippen LogP contribution in [0.3, 0.4) is 0 Å². The lowest BCUT2D eigenvalue weighted by molar-refractivity contribution is -0.165. The number of aliphatic hydroxyl groups is 1. The Morgan fingerprint density at radius 1 is 1.09 bits per heavy atom. The van der Waals surface area contributed by atoms with Crippen LogP contribution in [0.2, 0.25) is 0 Å². The third kappa shape index (κ3) is 4.63. The number of carbonyl (C=O) groups excluding carboxylic acids is 4. The van der Waals surface area contributed by atoms with Crippen LogP contribution in [0.15, 0.2) is 71.6 Å². The second-order valence-electron chi connectivity index (χ2n) is 10.6. The number of rotatable bonds is 7. The van der Waals surface area contributed by atoms with Gasteiger partial charge < -0.3 is 24.4 Å². The molecule has 16 nitrogen and oxygen atoms in total. The zero-order valence-electron chi connectivity index (χ0n) is 24.3. The fourth-order valence-electron chi connectivity index (χ4n) is 5.26. The summed E-state index contributed by atoms with van der Waals surface area (Å²) in [5.74, 6) is -2.18. The van der Waals surface area contributed by atoms with E-state index in [4.69, 9.17) is 14.0 Å². The van der Waals surface area contributed by atoms with Crippen molar-refractivity contribution < 1.29 is 38.3 Å². The largest absolute Gasteiger partial charge is 0.481 e. The first kappa shape index (κ1) is 28.8. The number of methoxy groups -OCH3 is 1. The molecule has 5 aromatic rings. The molecule has 232 valence electrons. The highest BCUT2D eigenvalue weighted by Gasteiger charge is 2.49. The quantitative estimate of drug-likeness (QED) is 0.249. The Labute approximate surface area is 259 Å². The summed E-state index contributed by atoms with van der Waals surface area (Å²) in [6.07, 6.45) is 2.89. The van der Waals surface area contributed by atoms with Crippen molar-refractivity contribution in [3.63, 3.8) is 0 Å². The first-order chi connectivity index (χ1) is 22.2. The van der Waals surface area contributed by atoms with Gasteiger partial charge in [0.2, 0.25) is 11.7 Å². The molecule has 0 spiro atoms. The normalized spacial score (nSPS) is 17.7. The molecule has 1 saturated heterocycles. The number of hydrogen-bond donors (Lipinski definition) is 2. The number of aromatic nitrogens is 5. The van der Waals surface area contributed by atoms with Gasteiger partial charge >= 0.3 is 0 Å². The van der Waals surface area contributed by atoms with Crippen LogP contribution in [0.1, 0.15) is 27.6 Å². The van der Waals surface area contributed by atoms with E-state index >= 15 is 0 Å². The van der Waals surface area contributed by atoms with Gasteiger partial charge in [-0.15, -0.1) is 5.10 Å². The molecule has 16 heteroatoms. The summed E-state index contributed by atoms with van der Waals surface area (Å²) in [6, 6.07) is 12.7. The number of nitrogens with zero attached hydrogens (tertiary/aromatic N) is 7. The predicted molar refractivity (Wildman–Crippen MR) is 159 cm³/mol. The van der Waals surface area contributed by atoms with E-state index in [0.29, 0.717) is 17.4 Å². The van der Waals surface area contributed by atoms with E-state index in [0.717, 1.165) is 11.8 Å². The van der Waals surface area contributed by atoms with Gasteiger partial charge in [-0.3, -0.25) is 24.1 Å². The Balaban J connectivity index is 1.07. The Hall–Kier alpha value is -6.00. The first-order valence-corrected chi connectivity index (χ1v) is 13.9. The van der Waals surface area contributed by atoms with Crippen molar-refractivity contribution in [2.75, 3.05) is 35.4 Å². The zero-order chi connectivity index (χ0) is 32.2. The average Bonchev–Trinajstić information content (AvgIpc) is 3.78. The summed E-state index contributed by atoms with van der Waals surface area (Å²) in [6.45, 7) is 1.34. The number of fused-ring (bicyclic) bond motifs is 2. The summed E-state index contributed by atoms with van der Waals surface area (Å²) in [4.78, 5) is 63.1. The minimum Gasteiger partial charge on any atom is -0.481 e. The fourth-order valence-corrected chi connectivity index (χ4v) is 5.26. The van der Waals surface area contributed by atoms with E-state index in [-0.39, 0.29) is 46.9 Å². The van der Waals surface area contributed by atoms with Crippen molar-refractivity contribution in [3.8, 4) is 11.6 Å². The Kier molecular flexibility index (Phi) is 6.79. The lowest BCUT2D eigenvalue weighted by Gasteiger charge is -2.37. The highest BCUT2D eigenvalue weighted by atomic mass is 16.5. The molecule has 2 N–H and O–H groups in total. The average molecular weight is 625 g/mol. The lowest BCUT2D eigenvalue weighted by atomic mass is 9.95. The molecule has 4 aromatic heterocycles. The summed E-state index contributed by atoms with van der Waals surface area (Å²) < 4.78 is 17.6. The monoisotopic (exact) mass is 624 g/mol. The maximum absolute atomic E-state index is 13.5. The standard InChI is InChI=1S/C30H24N8O8/c1-30(43,24-28(41)36(11-12-45-24)21-8-10-37(34-21)17-7-9-31-22(14-17)44-2)29(42)33-16-13-20-23(32-15-16)25(35-46-20)38-26(39)18-5-3-4-6-19(18)27(38)40/h3-10,13-15,24,43H,11-12H2,1-2H3,(H,33,42)/t24-,30+/m0/s1. The van der Waals surface area contributed by atoms with Crippen molar-refractivity contribution in [2.45, 2.75) is 18.6 Å². The van der Waals surface area contributed by atoms with Crippen molar-refractivity contribution in [1.29, 1.82) is 0 Å². The number of ether oxygens (including phenoxy) is 2. The number of pyridine rings is 2. The van der Waals surface area contributed by atoms with Gasteiger partial charge in [-0.05, 0) is 25.1 Å². The van der Waals surface area contributed by atoms with Crippen LogP contribution >= 0.6 is 0 Å². The highest BCUT2D eigenvalue weighted by molar-refractivity contribution is 6.35. The predicted octanol–water partition coefficient (Wildman–Crippen LogP) is 1.73. The summed E-state index contributed by atoms with van der Waals surface area (Å²) >= 11 is 0. The van der Waals surface area contributed by atoms with Gasteiger partial charge in [-0.1, -0.05) is 17.3 Å². The number of anilines is 3. The minimum absolute atomic E-state index is 0.0297. The smallest absolute Gasteiger partial charge is 0.267 e. The molecule has 0 unspecified atom stereocenters. The summed E-state index contributed by atoms with van der Waals surface area (Å²) in [5.41, 5.74) is -0.957. The third-order valence-corrected chi connectivity index (χ3v) is 7.66. The van der Waals surface area contributed by atoms with Gasteiger partial charge in [-0.2, -0.15) is 0 Å². The second kappa shape index (κ2) is 10.9. The van der Waals surface area contributed by atoms with Crippen LogP contribution in [-0.2, 0) is 14.3 Å². The van der Waals surface area contributed by atoms with Crippen molar-refractivity contribution in [3.05, 3.63) is 78.2 Å². The van der Waals surface area contributed by atoms with Crippen LogP contribution in [0.5, 0.6) is 5.88 Å². The summed E-state index contributed by atoms with van der Waals surface area (Å²) in [7, 11) is 1.50. The Bertz CT molecular complexity index is 2020. The number of hydrogen-bond acceptors (Lipinski definition) is 12. The number of imide groups is 1. The van der Waals surface area contributed by atoms with Gasteiger partial charge in [-0.25, -0.2) is 19.5 Å². The second-order valence-corrected chi connectivity index (χ2v) is 10.6. The van der Waals surface area contributed by atoms with E-state index in [2.05, 4.69) is 25.5 Å². The molecule has 0 aliphatic carbocycles. The zero-order valence-corrected chi connectivity index (χ0v) is 24.3. The number of carbonyl (C=O) groups is 4. The van der Waals surface area contributed by atoms with Crippen LogP contribution < -0.4 is 19.9 Å². The van der Waals surface area contributed by atoms with Gasteiger partial charge in [0.25, 0.3) is 23.6 Å². The molecule has 7 rings (SSSR count). The molecule has 0 radical (unpaired) electrons. The molecular weight excluding hydrogens is 600 g/mol. The van der Waals surface area contributed by atoms with Gasteiger partial charge in [0.15, 0.2) is 28.6 Å². The topological polar surface area (TPSA) is 195 Å².